The number of aromatic nitrogens is 3. The number of pyridine rings is 1. The van der Waals surface area contributed by atoms with Crippen LogP contribution < -0.4 is 4.90 Å². The lowest BCUT2D eigenvalue weighted by atomic mass is 10.1. The number of carbonyl (C=O) groups is 1. The minimum Gasteiger partial charge on any atom is -0.464 e. The highest BCUT2D eigenvalue weighted by Crippen LogP contribution is 2.30. The smallest absolute Gasteiger partial charge is 0.341 e. The molecular weight excluding hydrogens is 320 g/mol. The van der Waals surface area contributed by atoms with Crippen molar-refractivity contribution in [3.63, 3.8) is 0 Å². The highest BCUT2D eigenvalue weighted by molar-refractivity contribution is 5.89. The quantitative estimate of drug-likeness (QED) is 0.680. The summed E-state index contributed by atoms with van der Waals surface area (Å²) < 4.78 is 12.4. The van der Waals surface area contributed by atoms with Crippen LogP contribution in [-0.2, 0) is 4.74 Å². The number of nitrogens with zero attached hydrogens (tertiary/aromatic N) is 4. The number of ether oxygens (including phenoxy) is 1. The zero-order valence-corrected chi connectivity index (χ0v) is 14.1. The van der Waals surface area contributed by atoms with E-state index in [9.17, 15) is 4.79 Å². The van der Waals surface area contributed by atoms with Gasteiger partial charge in [0.05, 0.1) is 36.1 Å². The van der Waals surface area contributed by atoms with Crippen molar-refractivity contribution in [2.24, 2.45) is 0 Å². The third-order valence-corrected chi connectivity index (χ3v) is 4.54. The van der Waals surface area contributed by atoms with Crippen LogP contribution in [-0.4, -0.2) is 40.4 Å². The van der Waals surface area contributed by atoms with E-state index in [0.29, 0.717) is 12.2 Å². The summed E-state index contributed by atoms with van der Waals surface area (Å²) in [5.41, 5.74) is 1.34. The molecule has 7 nitrogen and oxygen atoms in total. The van der Waals surface area contributed by atoms with Crippen molar-refractivity contribution < 1.29 is 13.9 Å². The van der Waals surface area contributed by atoms with Gasteiger partial charge in [-0.15, -0.1) is 0 Å². The molecule has 1 fully saturated rings. The Balaban J connectivity index is 1.55. The van der Waals surface area contributed by atoms with Gasteiger partial charge >= 0.3 is 5.97 Å². The Labute approximate surface area is 145 Å². The van der Waals surface area contributed by atoms with Crippen LogP contribution in [0, 0.1) is 0 Å². The maximum absolute atomic E-state index is 11.8. The molecule has 0 amide bonds. The molecule has 1 aliphatic rings. The van der Waals surface area contributed by atoms with Crippen LogP contribution in [0.5, 0.6) is 0 Å². The molecule has 0 aromatic carbocycles. The highest BCUT2D eigenvalue weighted by Gasteiger charge is 2.25. The highest BCUT2D eigenvalue weighted by atomic mass is 16.5. The Morgan fingerprint density at radius 1 is 1.44 bits per heavy atom. The van der Waals surface area contributed by atoms with Crippen molar-refractivity contribution >= 4 is 22.8 Å². The molecule has 0 radical (unpaired) electrons. The van der Waals surface area contributed by atoms with Crippen LogP contribution in [0.3, 0.4) is 0 Å². The van der Waals surface area contributed by atoms with E-state index in [-0.39, 0.29) is 12.0 Å². The van der Waals surface area contributed by atoms with E-state index in [1.807, 2.05) is 16.8 Å². The zero-order valence-electron chi connectivity index (χ0n) is 14.1. The second-order valence-electron chi connectivity index (χ2n) is 6.14. The largest absolute Gasteiger partial charge is 0.464 e. The number of piperidine rings is 1. The lowest BCUT2D eigenvalue weighted by Crippen LogP contribution is -2.37. The fourth-order valence-electron chi connectivity index (χ4n) is 3.35. The van der Waals surface area contributed by atoms with Gasteiger partial charge in [0.15, 0.2) is 0 Å². The van der Waals surface area contributed by atoms with Gasteiger partial charge < -0.3 is 14.1 Å². The van der Waals surface area contributed by atoms with E-state index in [1.165, 1.54) is 0 Å². The fourth-order valence-corrected chi connectivity index (χ4v) is 3.35. The maximum Gasteiger partial charge on any atom is 0.341 e. The molecule has 1 saturated heterocycles. The minimum absolute atomic E-state index is 0.195. The van der Waals surface area contributed by atoms with Gasteiger partial charge in [-0.1, -0.05) is 0 Å². The van der Waals surface area contributed by atoms with Crippen molar-refractivity contribution in [2.45, 2.75) is 25.8 Å². The number of anilines is 1. The van der Waals surface area contributed by atoms with Gasteiger partial charge in [0.2, 0.25) is 0 Å². The van der Waals surface area contributed by atoms with Gasteiger partial charge in [0.25, 0.3) is 0 Å². The number of carbonyl (C=O) groups excluding carboxylic acids is 1. The van der Waals surface area contributed by atoms with Gasteiger partial charge in [0, 0.05) is 25.5 Å². The molecule has 0 bridgehead atoms. The summed E-state index contributed by atoms with van der Waals surface area (Å²) in [7, 11) is 0. The van der Waals surface area contributed by atoms with Crippen molar-refractivity contribution in [3.05, 3.63) is 42.5 Å². The number of hydrogen-bond acceptors (Lipinski definition) is 6. The normalized spacial score (nSPS) is 17.8. The van der Waals surface area contributed by atoms with E-state index in [0.717, 1.165) is 42.7 Å². The molecule has 4 heterocycles. The number of esters is 1. The third kappa shape index (κ3) is 2.97. The van der Waals surface area contributed by atoms with Gasteiger partial charge in [-0.2, -0.15) is 5.10 Å². The first-order valence-electron chi connectivity index (χ1n) is 8.54. The monoisotopic (exact) mass is 340 g/mol. The first-order chi connectivity index (χ1) is 12.3. The Hall–Kier alpha value is -2.83. The number of hydrogen-bond donors (Lipinski definition) is 0. The molecule has 3 aromatic heterocycles. The van der Waals surface area contributed by atoms with E-state index < -0.39 is 0 Å². The summed E-state index contributed by atoms with van der Waals surface area (Å²) in [5, 5.41) is 5.40. The predicted molar refractivity (Wildman–Crippen MR) is 92.7 cm³/mol. The number of furan rings is 1. The maximum atomic E-state index is 11.8. The lowest BCUT2D eigenvalue weighted by Gasteiger charge is -2.33. The number of fused-ring (bicyclic) bond motifs is 1. The van der Waals surface area contributed by atoms with Crippen LogP contribution in [0.25, 0.3) is 11.0 Å². The Kier molecular flexibility index (Phi) is 4.13. The molecule has 4 rings (SSSR count). The molecule has 3 aromatic rings. The van der Waals surface area contributed by atoms with E-state index in [4.69, 9.17) is 9.15 Å². The molecule has 0 N–H and O–H groups in total. The molecule has 7 heteroatoms. The molecule has 0 aliphatic carbocycles. The topological polar surface area (TPSA) is 73.4 Å². The van der Waals surface area contributed by atoms with E-state index in [1.54, 1.807) is 31.8 Å². The number of rotatable bonds is 4. The summed E-state index contributed by atoms with van der Waals surface area (Å²) in [4.78, 5) is 18.6. The minimum atomic E-state index is -0.328. The Bertz CT molecular complexity index is 885. The summed E-state index contributed by atoms with van der Waals surface area (Å²) in [5.74, 6) is 0.611. The lowest BCUT2D eigenvalue weighted by molar-refractivity contribution is 0.0526. The van der Waals surface area contributed by atoms with E-state index >= 15 is 0 Å². The summed E-state index contributed by atoms with van der Waals surface area (Å²) in [6.45, 7) is 3.90. The molecule has 1 aliphatic heterocycles. The van der Waals surface area contributed by atoms with Crippen LogP contribution in [0.15, 0.2) is 41.4 Å². The van der Waals surface area contributed by atoms with Crippen LogP contribution in [0.4, 0.5) is 5.82 Å². The van der Waals surface area contributed by atoms with Crippen LogP contribution in [0.2, 0.25) is 0 Å². The van der Waals surface area contributed by atoms with Gasteiger partial charge in [0.1, 0.15) is 11.4 Å². The molecule has 0 spiro atoms. The molecular formula is C18H20N4O3. The van der Waals surface area contributed by atoms with Gasteiger partial charge in [-0.3, -0.25) is 4.68 Å². The molecule has 0 unspecified atom stereocenters. The Morgan fingerprint density at radius 3 is 3.24 bits per heavy atom. The summed E-state index contributed by atoms with van der Waals surface area (Å²) in [6, 6.07) is 4.02. The zero-order chi connectivity index (χ0) is 17.2. The first kappa shape index (κ1) is 15.7. The average Bonchev–Trinajstić information content (AvgIpc) is 3.31. The average molecular weight is 340 g/mol. The van der Waals surface area contributed by atoms with Crippen molar-refractivity contribution in [2.75, 3.05) is 24.6 Å². The Morgan fingerprint density at radius 2 is 2.36 bits per heavy atom. The molecule has 130 valence electrons. The molecule has 1 atom stereocenters. The third-order valence-electron chi connectivity index (χ3n) is 4.54. The second kappa shape index (κ2) is 6.58. The van der Waals surface area contributed by atoms with Crippen molar-refractivity contribution in [3.8, 4) is 0 Å². The van der Waals surface area contributed by atoms with Crippen molar-refractivity contribution in [1.82, 2.24) is 14.8 Å². The molecule has 25 heavy (non-hydrogen) atoms. The van der Waals surface area contributed by atoms with Crippen LogP contribution in [0.1, 0.15) is 36.2 Å². The summed E-state index contributed by atoms with van der Waals surface area (Å²) in [6.07, 6.45) is 8.87. The second-order valence-corrected chi connectivity index (χ2v) is 6.14. The van der Waals surface area contributed by atoms with E-state index in [2.05, 4.69) is 15.0 Å². The summed E-state index contributed by atoms with van der Waals surface area (Å²) >= 11 is 0. The first-order valence-corrected chi connectivity index (χ1v) is 8.54. The van der Waals surface area contributed by atoms with Crippen LogP contribution >= 0.6 is 0 Å². The predicted octanol–water partition coefficient (Wildman–Crippen LogP) is 3.04. The van der Waals surface area contributed by atoms with Gasteiger partial charge in [-0.25, -0.2) is 9.78 Å². The van der Waals surface area contributed by atoms with Gasteiger partial charge in [-0.05, 0) is 31.9 Å². The molecule has 0 saturated carbocycles. The SMILES string of the molecule is CCOC(=O)c1cnn([C@H]2CCCN(c3nccc4occc34)C2)c1. The standard InChI is InChI=1S/C18H20N4O3/c1-2-24-18(23)13-10-20-22(11-13)14-4-3-8-21(12-14)17-15-6-9-25-16(15)5-7-19-17/h5-7,9-11,14H,2-4,8,12H2,1H3/t14-/m0/s1. The van der Waals surface area contributed by atoms with Crippen molar-refractivity contribution in [1.29, 1.82) is 0 Å². The fraction of sp³-hybridized carbons (Fsp3) is 0.389.